The number of rotatable bonds is 8. The van der Waals surface area contributed by atoms with Crippen LogP contribution in [0.3, 0.4) is 0 Å². The number of aliphatic imine (C=N–C) groups is 1. The van der Waals surface area contributed by atoms with Crippen LogP contribution in [0, 0.1) is 12.7 Å². The predicted molar refractivity (Wildman–Crippen MR) is 128 cm³/mol. The van der Waals surface area contributed by atoms with Gasteiger partial charge in [-0.1, -0.05) is 18.2 Å². The van der Waals surface area contributed by atoms with Gasteiger partial charge >= 0.3 is 0 Å². The van der Waals surface area contributed by atoms with Gasteiger partial charge in [-0.05, 0) is 67.1 Å². The Bertz CT molecular complexity index is 977. The molecule has 2 aromatic rings. The molecule has 2 aromatic carbocycles. The zero-order valence-electron chi connectivity index (χ0n) is 17.1. The van der Waals surface area contributed by atoms with E-state index in [1.54, 1.807) is 37.4 Å². The highest BCUT2D eigenvalue weighted by atomic mass is 127. The van der Waals surface area contributed by atoms with E-state index in [9.17, 15) is 12.8 Å². The molecule has 0 atom stereocenters. The molecule has 164 valence electrons. The van der Waals surface area contributed by atoms with Gasteiger partial charge in [0.25, 0.3) is 0 Å². The first-order valence-corrected chi connectivity index (χ1v) is 11.2. The summed E-state index contributed by atoms with van der Waals surface area (Å²) in [5, 5.41) is 6.44. The SMILES string of the molecule is CN=C(NCCc1ccc(F)cc1C)NCc1ccc(S(=O)(=O)NC2CC2)cc1.I. The fraction of sp³-hybridized carbons (Fsp3) is 0.381. The Balaban J connectivity index is 0.00000320. The van der Waals surface area contributed by atoms with Gasteiger partial charge in [-0.3, -0.25) is 4.99 Å². The van der Waals surface area contributed by atoms with E-state index in [0.717, 1.165) is 36.0 Å². The summed E-state index contributed by atoms with van der Waals surface area (Å²) >= 11 is 0. The molecule has 6 nitrogen and oxygen atoms in total. The average Bonchev–Trinajstić information content (AvgIpc) is 3.49. The van der Waals surface area contributed by atoms with Crippen molar-refractivity contribution in [3.05, 3.63) is 65.0 Å². The van der Waals surface area contributed by atoms with Crippen molar-refractivity contribution in [3.8, 4) is 0 Å². The summed E-state index contributed by atoms with van der Waals surface area (Å²) in [5.41, 5.74) is 2.97. The minimum Gasteiger partial charge on any atom is -0.356 e. The molecule has 0 heterocycles. The van der Waals surface area contributed by atoms with Crippen LogP contribution in [0.5, 0.6) is 0 Å². The molecule has 1 aliphatic rings. The van der Waals surface area contributed by atoms with E-state index in [4.69, 9.17) is 0 Å². The smallest absolute Gasteiger partial charge is 0.240 e. The Labute approximate surface area is 194 Å². The minimum absolute atomic E-state index is 0. The molecular formula is C21H28FIN4O2S. The maximum Gasteiger partial charge on any atom is 0.240 e. The molecule has 1 saturated carbocycles. The number of nitrogens with one attached hydrogen (secondary N) is 3. The first-order valence-electron chi connectivity index (χ1n) is 9.68. The first kappa shape index (κ1) is 24.5. The van der Waals surface area contributed by atoms with Gasteiger partial charge in [0, 0.05) is 26.2 Å². The van der Waals surface area contributed by atoms with Crippen molar-refractivity contribution >= 4 is 40.0 Å². The van der Waals surface area contributed by atoms with Crippen molar-refractivity contribution in [1.29, 1.82) is 0 Å². The number of guanidine groups is 1. The number of nitrogens with zero attached hydrogens (tertiary/aromatic N) is 1. The van der Waals surface area contributed by atoms with Crippen molar-refractivity contribution in [3.63, 3.8) is 0 Å². The lowest BCUT2D eigenvalue weighted by Crippen LogP contribution is -2.37. The standard InChI is InChI=1S/C21H27FN4O2S.HI/c1-15-13-18(22)6-5-17(15)11-12-24-21(23-2)25-14-16-3-9-20(10-4-16)29(27,28)26-19-7-8-19;/h3-6,9-10,13,19,26H,7-8,11-12,14H2,1-2H3,(H2,23,24,25);1H. The highest BCUT2D eigenvalue weighted by Crippen LogP contribution is 2.22. The van der Waals surface area contributed by atoms with Crippen LogP contribution in [0.15, 0.2) is 52.4 Å². The largest absolute Gasteiger partial charge is 0.356 e. The normalized spacial score (nSPS) is 14.2. The summed E-state index contributed by atoms with van der Waals surface area (Å²) in [7, 11) is -1.73. The molecule has 3 rings (SSSR count). The molecule has 0 saturated heterocycles. The molecule has 3 N–H and O–H groups in total. The van der Waals surface area contributed by atoms with E-state index in [0.29, 0.717) is 19.0 Å². The second-order valence-electron chi connectivity index (χ2n) is 7.21. The van der Waals surface area contributed by atoms with Crippen LogP contribution in [0.2, 0.25) is 0 Å². The Morgan fingerprint density at radius 1 is 1.13 bits per heavy atom. The molecule has 1 aliphatic carbocycles. The number of hydrogen-bond donors (Lipinski definition) is 3. The molecule has 0 amide bonds. The fourth-order valence-corrected chi connectivity index (χ4v) is 4.24. The molecule has 9 heteroatoms. The van der Waals surface area contributed by atoms with Gasteiger partial charge < -0.3 is 10.6 Å². The molecule has 1 fully saturated rings. The van der Waals surface area contributed by atoms with Crippen molar-refractivity contribution in [2.45, 2.75) is 43.7 Å². The highest BCUT2D eigenvalue weighted by molar-refractivity contribution is 14.0. The summed E-state index contributed by atoms with van der Waals surface area (Å²) in [4.78, 5) is 4.48. The summed E-state index contributed by atoms with van der Waals surface area (Å²) in [5.74, 6) is 0.427. The molecule has 30 heavy (non-hydrogen) atoms. The summed E-state index contributed by atoms with van der Waals surface area (Å²) in [6.45, 7) is 3.08. The lowest BCUT2D eigenvalue weighted by Gasteiger charge is -2.13. The number of benzene rings is 2. The second-order valence-corrected chi connectivity index (χ2v) is 8.93. The topological polar surface area (TPSA) is 82.6 Å². The number of sulfonamides is 1. The average molecular weight is 546 g/mol. The predicted octanol–water partition coefficient (Wildman–Crippen LogP) is 3.10. The van der Waals surface area contributed by atoms with E-state index in [1.807, 2.05) is 6.92 Å². The van der Waals surface area contributed by atoms with Crippen LogP contribution in [0.4, 0.5) is 4.39 Å². The molecule has 0 radical (unpaired) electrons. The van der Waals surface area contributed by atoms with Gasteiger partial charge in [0.05, 0.1) is 4.90 Å². The molecular weight excluding hydrogens is 518 g/mol. The molecule has 0 aromatic heterocycles. The Morgan fingerprint density at radius 3 is 2.43 bits per heavy atom. The minimum atomic E-state index is -3.42. The van der Waals surface area contributed by atoms with Crippen LogP contribution < -0.4 is 15.4 Å². The van der Waals surface area contributed by atoms with Gasteiger partial charge in [-0.2, -0.15) is 0 Å². The Hall–Kier alpha value is -1.72. The third-order valence-electron chi connectivity index (χ3n) is 4.81. The van der Waals surface area contributed by atoms with Gasteiger partial charge in [0.2, 0.25) is 10.0 Å². The lowest BCUT2D eigenvalue weighted by atomic mass is 10.1. The van der Waals surface area contributed by atoms with Gasteiger partial charge in [-0.15, -0.1) is 24.0 Å². The van der Waals surface area contributed by atoms with Crippen LogP contribution in [0.25, 0.3) is 0 Å². The summed E-state index contributed by atoms with van der Waals surface area (Å²) < 4.78 is 40.3. The Morgan fingerprint density at radius 2 is 1.83 bits per heavy atom. The molecule has 0 bridgehead atoms. The summed E-state index contributed by atoms with van der Waals surface area (Å²) in [6.07, 6.45) is 2.58. The third-order valence-corrected chi connectivity index (χ3v) is 6.34. The van der Waals surface area contributed by atoms with Gasteiger partial charge in [0.15, 0.2) is 5.96 Å². The first-order chi connectivity index (χ1) is 13.9. The fourth-order valence-electron chi connectivity index (χ4n) is 2.94. The number of aryl methyl sites for hydroxylation is 1. The van der Waals surface area contributed by atoms with E-state index < -0.39 is 10.0 Å². The van der Waals surface area contributed by atoms with Crippen LogP contribution in [-0.2, 0) is 23.0 Å². The molecule has 0 spiro atoms. The monoisotopic (exact) mass is 546 g/mol. The van der Waals surface area contributed by atoms with Gasteiger partial charge in [0.1, 0.15) is 5.82 Å². The quantitative estimate of drug-likeness (QED) is 0.270. The van der Waals surface area contributed by atoms with Crippen molar-refractivity contribution in [2.75, 3.05) is 13.6 Å². The third kappa shape index (κ3) is 7.21. The van der Waals surface area contributed by atoms with Crippen LogP contribution in [0.1, 0.15) is 29.5 Å². The van der Waals surface area contributed by atoms with Crippen molar-refractivity contribution in [2.24, 2.45) is 4.99 Å². The van der Waals surface area contributed by atoms with E-state index in [2.05, 4.69) is 20.3 Å². The van der Waals surface area contributed by atoms with Crippen LogP contribution >= 0.6 is 24.0 Å². The number of hydrogen-bond acceptors (Lipinski definition) is 3. The zero-order chi connectivity index (χ0) is 20.9. The van der Waals surface area contributed by atoms with E-state index in [-0.39, 0.29) is 40.7 Å². The lowest BCUT2D eigenvalue weighted by molar-refractivity contribution is 0.581. The van der Waals surface area contributed by atoms with E-state index >= 15 is 0 Å². The van der Waals surface area contributed by atoms with Crippen molar-refractivity contribution < 1.29 is 12.8 Å². The van der Waals surface area contributed by atoms with Gasteiger partial charge in [-0.25, -0.2) is 17.5 Å². The Kier molecular flexibility index (Phi) is 9.05. The summed E-state index contributed by atoms with van der Waals surface area (Å²) in [6, 6.07) is 11.7. The van der Waals surface area contributed by atoms with Crippen LogP contribution in [-0.4, -0.2) is 34.0 Å². The van der Waals surface area contributed by atoms with Crippen molar-refractivity contribution in [1.82, 2.24) is 15.4 Å². The maximum atomic E-state index is 13.2. The maximum absolute atomic E-state index is 13.2. The second kappa shape index (κ2) is 11.1. The zero-order valence-corrected chi connectivity index (χ0v) is 20.3. The highest BCUT2D eigenvalue weighted by Gasteiger charge is 2.27. The molecule has 0 unspecified atom stereocenters. The number of halogens is 2. The molecule has 0 aliphatic heterocycles. The van der Waals surface area contributed by atoms with E-state index in [1.165, 1.54) is 12.1 Å².